The van der Waals surface area contributed by atoms with E-state index in [9.17, 15) is 4.79 Å². The van der Waals surface area contributed by atoms with Crippen LogP contribution in [0.25, 0.3) is 0 Å². The summed E-state index contributed by atoms with van der Waals surface area (Å²) in [6.07, 6.45) is 2.51. The van der Waals surface area contributed by atoms with Crippen molar-refractivity contribution in [2.45, 2.75) is 45.6 Å². The molecule has 0 bridgehead atoms. The third-order valence-electron chi connectivity index (χ3n) is 4.13. The highest BCUT2D eigenvalue weighted by Crippen LogP contribution is 2.29. The van der Waals surface area contributed by atoms with E-state index in [0.717, 1.165) is 31.5 Å². The molecular weight excluding hydrogens is 250 g/mol. The van der Waals surface area contributed by atoms with E-state index in [4.69, 9.17) is 4.74 Å². The lowest BCUT2D eigenvalue weighted by atomic mass is 9.83. The van der Waals surface area contributed by atoms with Crippen LogP contribution >= 0.6 is 0 Å². The van der Waals surface area contributed by atoms with Crippen molar-refractivity contribution in [3.05, 3.63) is 35.4 Å². The molecule has 1 N–H and O–H groups in total. The fourth-order valence-corrected chi connectivity index (χ4v) is 2.92. The summed E-state index contributed by atoms with van der Waals surface area (Å²) in [5, 5.41) is 3.35. The van der Waals surface area contributed by atoms with E-state index in [2.05, 4.69) is 5.32 Å². The monoisotopic (exact) mass is 275 g/mol. The molecule has 3 heteroatoms. The lowest BCUT2D eigenvalue weighted by molar-refractivity contribution is -0.161. The molecule has 110 valence electrons. The first kappa shape index (κ1) is 15.0. The lowest BCUT2D eigenvalue weighted by Crippen LogP contribution is -2.43. The van der Waals surface area contributed by atoms with Gasteiger partial charge in [0.25, 0.3) is 0 Å². The van der Waals surface area contributed by atoms with Gasteiger partial charge in [-0.3, -0.25) is 4.79 Å². The minimum atomic E-state index is -0.372. The Kier molecular flexibility index (Phi) is 4.81. The van der Waals surface area contributed by atoms with E-state index in [1.807, 2.05) is 45.0 Å². The van der Waals surface area contributed by atoms with Crippen molar-refractivity contribution >= 4 is 5.97 Å². The molecule has 0 aromatic heterocycles. The third-order valence-corrected chi connectivity index (χ3v) is 4.13. The summed E-state index contributed by atoms with van der Waals surface area (Å²) in [7, 11) is 0. The van der Waals surface area contributed by atoms with E-state index >= 15 is 0 Å². The molecule has 1 saturated heterocycles. The molecule has 1 aliphatic rings. The Balaban J connectivity index is 1.92. The van der Waals surface area contributed by atoms with Crippen LogP contribution in [0.1, 0.15) is 37.8 Å². The Morgan fingerprint density at radius 2 is 2.05 bits per heavy atom. The normalized spacial score (nSPS) is 16.9. The first-order chi connectivity index (χ1) is 9.47. The smallest absolute Gasteiger partial charge is 0.310 e. The number of carbonyl (C=O) groups excluding carboxylic acids is 1. The Bertz CT molecular complexity index is 462. The molecule has 0 saturated carbocycles. The second-order valence-electron chi connectivity index (χ2n) is 6.27. The molecule has 20 heavy (non-hydrogen) atoms. The summed E-state index contributed by atoms with van der Waals surface area (Å²) < 4.78 is 5.75. The van der Waals surface area contributed by atoms with Crippen LogP contribution in [-0.2, 0) is 16.0 Å². The highest BCUT2D eigenvalue weighted by Gasteiger charge is 2.33. The zero-order chi connectivity index (χ0) is 14.6. The standard InChI is InChI=1S/C17H25NO2/c1-13-5-4-6-14(11-13)12-16(19)20-17(2,3)15-7-9-18-10-8-15/h4-6,11,15,18H,7-10,12H2,1-3H3. The van der Waals surface area contributed by atoms with Gasteiger partial charge in [-0.15, -0.1) is 0 Å². The van der Waals surface area contributed by atoms with Gasteiger partial charge in [0.15, 0.2) is 0 Å². The minimum absolute atomic E-state index is 0.126. The molecule has 1 aromatic carbocycles. The molecular formula is C17H25NO2. The first-order valence-corrected chi connectivity index (χ1v) is 7.45. The zero-order valence-electron chi connectivity index (χ0n) is 12.7. The molecule has 0 spiro atoms. The Morgan fingerprint density at radius 3 is 2.70 bits per heavy atom. The van der Waals surface area contributed by atoms with Crippen molar-refractivity contribution in [1.29, 1.82) is 0 Å². The molecule has 0 radical (unpaired) electrons. The Morgan fingerprint density at radius 1 is 1.35 bits per heavy atom. The maximum Gasteiger partial charge on any atom is 0.310 e. The first-order valence-electron chi connectivity index (χ1n) is 7.45. The maximum atomic E-state index is 12.1. The van der Waals surface area contributed by atoms with Gasteiger partial charge in [0.2, 0.25) is 0 Å². The molecule has 0 atom stereocenters. The fraction of sp³-hybridized carbons (Fsp3) is 0.588. The number of hydrogen-bond acceptors (Lipinski definition) is 3. The number of hydrogen-bond donors (Lipinski definition) is 1. The van der Waals surface area contributed by atoms with Gasteiger partial charge in [-0.05, 0) is 52.3 Å². The van der Waals surface area contributed by atoms with Crippen molar-refractivity contribution in [1.82, 2.24) is 5.32 Å². The van der Waals surface area contributed by atoms with Crippen molar-refractivity contribution in [3.63, 3.8) is 0 Å². The zero-order valence-corrected chi connectivity index (χ0v) is 12.7. The van der Waals surface area contributed by atoms with E-state index < -0.39 is 0 Å². The molecule has 1 heterocycles. The van der Waals surface area contributed by atoms with Crippen LogP contribution in [0.4, 0.5) is 0 Å². The lowest BCUT2D eigenvalue weighted by Gasteiger charge is -2.36. The summed E-state index contributed by atoms with van der Waals surface area (Å²) in [6.45, 7) is 8.15. The summed E-state index contributed by atoms with van der Waals surface area (Å²) in [5.41, 5.74) is 1.83. The van der Waals surface area contributed by atoms with Gasteiger partial charge >= 0.3 is 5.97 Å². The average Bonchev–Trinajstić information content (AvgIpc) is 2.39. The van der Waals surface area contributed by atoms with Crippen LogP contribution in [0.5, 0.6) is 0 Å². The van der Waals surface area contributed by atoms with Crippen LogP contribution < -0.4 is 5.32 Å². The predicted molar refractivity (Wildman–Crippen MR) is 80.6 cm³/mol. The second-order valence-corrected chi connectivity index (χ2v) is 6.27. The van der Waals surface area contributed by atoms with Gasteiger partial charge in [-0.25, -0.2) is 0 Å². The number of piperidine rings is 1. The third kappa shape index (κ3) is 4.07. The van der Waals surface area contributed by atoms with Crippen molar-refractivity contribution in [2.75, 3.05) is 13.1 Å². The SMILES string of the molecule is Cc1cccc(CC(=O)OC(C)(C)C2CCNCC2)c1. The van der Waals surface area contributed by atoms with Gasteiger partial charge in [0, 0.05) is 5.92 Å². The quantitative estimate of drug-likeness (QED) is 0.859. The van der Waals surface area contributed by atoms with Gasteiger partial charge in [-0.1, -0.05) is 29.8 Å². The summed E-state index contributed by atoms with van der Waals surface area (Å²) in [6, 6.07) is 8.04. The van der Waals surface area contributed by atoms with Crippen molar-refractivity contribution in [3.8, 4) is 0 Å². The predicted octanol–water partition coefficient (Wildman–Crippen LogP) is 2.86. The second kappa shape index (κ2) is 6.40. The summed E-state index contributed by atoms with van der Waals surface area (Å²) >= 11 is 0. The van der Waals surface area contributed by atoms with E-state index in [-0.39, 0.29) is 11.6 Å². The molecule has 0 amide bonds. The van der Waals surface area contributed by atoms with Crippen LogP contribution in [0.15, 0.2) is 24.3 Å². The van der Waals surface area contributed by atoms with Crippen LogP contribution in [0, 0.1) is 12.8 Å². The highest BCUT2D eigenvalue weighted by atomic mass is 16.6. The topological polar surface area (TPSA) is 38.3 Å². The summed E-state index contributed by atoms with van der Waals surface area (Å²) in [4.78, 5) is 12.1. The number of nitrogens with one attached hydrogen (secondary N) is 1. The van der Waals surface area contributed by atoms with E-state index in [1.165, 1.54) is 5.56 Å². The van der Waals surface area contributed by atoms with Crippen molar-refractivity contribution in [2.24, 2.45) is 5.92 Å². The highest BCUT2D eigenvalue weighted by molar-refractivity contribution is 5.73. The van der Waals surface area contributed by atoms with Gasteiger partial charge in [0.05, 0.1) is 6.42 Å². The molecule has 0 aliphatic carbocycles. The molecule has 3 nitrogen and oxygen atoms in total. The van der Waals surface area contributed by atoms with Gasteiger partial charge in [0.1, 0.15) is 5.60 Å². The van der Waals surface area contributed by atoms with Gasteiger partial charge in [-0.2, -0.15) is 0 Å². The van der Waals surface area contributed by atoms with Crippen LogP contribution in [0.3, 0.4) is 0 Å². The van der Waals surface area contributed by atoms with Gasteiger partial charge < -0.3 is 10.1 Å². The molecule has 2 rings (SSSR count). The average molecular weight is 275 g/mol. The Labute approximate surface area is 121 Å². The molecule has 1 fully saturated rings. The fourth-order valence-electron chi connectivity index (χ4n) is 2.92. The maximum absolute atomic E-state index is 12.1. The number of ether oxygens (including phenoxy) is 1. The number of benzene rings is 1. The van der Waals surface area contributed by atoms with E-state index in [1.54, 1.807) is 0 Å². The van der Waals surface area contributed by atoms with Crippen molar-refractivity contribution < 1.29 is 9.53 Å². The van der Waals surface area contributed by atoms with Crippen LogP contribution in [-0.4, -0.2) is 24.7 Å². The van der Waals surface area contributed by atoms with Crippen LogP contribution in [0.2, 0.25) is 0 Å². The summed E-state index contributed by atoms with van der Waals surface area (Å²) in [5.74, 6) is 0.323. The molecule has 1 aliphatic heterocycles. The largest absolute Gasteiger partial charge is 0.459 e. The number of aryl methyl sites for hydroxylation is 1. The molecule has 0 unspecified atom stereocenters. The van der Waals surface area contributed by atoms with E-state index in [0.29, 0.717) is 12.3 Å². The number of carbonyl (C=O) groups is 1. The minimum Gasteiger partial charge on any atom is -0.459 e. The number of esters is 1. The molecule has 1 aromatic rings. The Hall–Kier alpha value is -1.35. The number of rotatable bonds is 4.